The number of hydrogen-bond acceptors (Lipinski definition) is 4. The Bertz CT molecular complexity index is 409. The summed E-state index contributed by atoms with van der Waals surface area (Å²) in [5.41, 5.74) is 2.68. The minimum absolute atomic E-state index is 0.0467. The van der Waals surface area contributed by atoms with Gasteiger partial charge in [0.25, 0.3) is 0 Å². The van der Waals surface area contributed by atoms with Gasteiger partial charge in [-0.15, -0.1) is 22.7 Å². The van der Waals surface area contributed by atoms with Crippen LogP contribution in [0.25, 0.3) is 0 Å². The van der Waals surface area contributed by atoms with Crippen molar-refractivity contribution in [2.45, 2.75) is 13.0 Å². The molecular weight excluding hydrogens is 228 g/mol. The Morgan fingerprint density at radius 3 is 3.13 bits per heavy atom. The van der Waals surface area contributed by atoms with Gasteiger partial charge in [0.2, 0.25) is 5.91 Å². The molecule has 2 rings (SSSR count). The van der Waals surface area contributed by atoms with Gasteiger partial charge in [-0.2, -0.15) is 0 Å². The predicted molar refractivity (Wildman–Crippen MR) is 62.0 cm³/mol. The van der Waals surface area contributed by atoms with Gasteiger partial charge < -0.3 is 5.32 Å². The highest BCUT2D eigenvalue weighted by atomic mass is 32.1. The van der Waals surface area contributed by atoms with Crippen molar-refractivity contribution in [2.75, 3.05) is 0 Å². The van der Waals surface area contributed by atoms with E-state index in [9.17, 15) is 4.79 Å². The van der Waals surface area contributed by atoms with E-state index < -0.39 is 0 Å². The van der Waals surface area contributed by atoms with Crippen LogP contribution in [0.2, 0.25) is 0 Å². The first kappa shape index (κ1) is 10.3. The molecule has 2 aromatic heterocycles. The number of rotatable bonds is 4. The number of carbonyl (C=O) groups excluding carboxylic acids is 1. The fraction of sp³-hybridized carbons (Fsp3) is 0.200. The van der Waals surface area contributed by atoms with Crippen LogP contribution in [0.4, 0.5) is 0 Å². The Hall–Kier alpha value is -1.20. The van der Waals surface area contributed by atoms with E-state index in [0.29, 0.717) is 13.0 Å². The average molecular weight is 238 g/mol. The van der Waals surface area contributed by atoms with Crippen LogP contribution in [0.15, 0.2) is 28.4 Å². The summed E-state index contributed by atoms with van der Waals surface area (Å²) in [6.07, 6.45) is 0.460. The molecule has 0 bridgehead atoms. The van der Waals surface area contributed by atoms with E-state index in [1.807, 2.05) is 22.9 Å². The molecule has 78 valence electrons. The summed E-state index contributed by atoms with van der Waals surface area (Å²) in [5, 5.41) is 6.75. The van der Waals surface area contributed by atoms with Crippen LogP contribution in [-0.2, 0) is 17.8 Å². The molecule has 0 aliphatic heterocycles. The maximum atomic E-state index is 11.5. The van der Waals surface area contributed by atoms with Gasteiger partial charge in [0.15, 0.2) is 0 Å². The van der Waals surface area contributed by atoms with E-state index in [1.165, 1.54) is 11.3 Å². The molecule has 0 aliphatic carbocycles. The molecule has 0 aliphatic rings. The zero-order valence-corrected chi connectivity index (χ0v) is 9.61. The highest BCUT2D eigenvalue weighted by Gasteiger charge is 2.04. The summed E-state index contributed by atoms with van der Waals surface area (Å²) >= 11 is 3.14. The van der Waals surface area contributed by atoms with Crippen molar-refractivity contribution in [3.63, 3.8) is 0 Å². The minimum Gasteiger partial charge on any atom is -0.350 e. The van der Waals surface area contributed by atoms with Crippen molar-refractivity contribution < 1.29 is 4.79 Å². The molecule has 0 radical (unpaired) electrons. The third-order valence-electron chi connectivity index (χ3n) is 1.87. The Morgan fingerprint density at radius 2 is 2.47 bits per heavy atom. The molecule has 0 unspecified atom stereocenters. The first-order chi connectivity index (χ1) is 7.34. The van der Waals surface area contributed by atoms with E-state index in [2.05, 4.69) is 10.3 Å². The molecule has 1 amide bonds. The number of nitrogens with one attached hydrogen (secondary N) is 1. The van der Waals surface area contributed by atoms with E-state index in [0.717, 1.165) is 10.6 Å². The second-order valence-corrected chi connectivity index (χ2v) is 4.76. The summed E-state index contributed by atoms with van der Waals surface area (Å²) in [6, 6.07) is 3.92. The maximum absolute atomic E-state index is 11.5. The number of aromatic nitrogens is 1. The fourth-order valence-corrected chi connectivity index (χ4v) is 2.41. The molecule has 0 fully saturated rings. The van der Waals surface area contributed by atoms with Crippen LogP contribution in [0, 0.1) is 0 Å². The second kappa shape index (κ2) is 5.04. The predicted octanol–water partition coefficient (Wildman–Crippen LogP) is 2.06. The van der Waals surface area contributed by atoms with E-state index >= 15 is 0 Å². The lowest BCUT2D eigenvalue weighted by atomic mass is 10.3. The Morgan fingerprint density at radius 1 is 1.53 bits per heavy atom. The van der Waals surface area contributed by atoms with Crippen molar-refractivity contribution in [1.29, 1.82) is 0 Å². The van der Waals surface area contributed by atoms with Crippen molar-refractivity contribution in [1.82, 2.24) is 10.3 Å². The van der Waals surface area contributed by atoms with Gasteiger partial charge in [-0.3, -0.25) is 4.79 Å². The summed E-state index contributed by atoms with van der Waals surface area (Å²) in [7, 11) is 0. The van der Waals surface area contributed by atoms with E-state index in [4.69, 9.17) is 0 Å². The van der Waals surface area contributed by atoms with Crippen molar-refractivity contribution in [3.8, 4) is 0 Å². The van der Waals surface area contributed by atoms with E-state index in [1.54, 1.807) is 16.8 Å². The maximum Gasteiger partial charge on any atom is 0.225 e. The Labute approximate surface area is 95.8 Å². The molecule has 3 nitrogen and oxygen atoms in total. The van der Waals surface area contributed by atoms with Gasteiger partial charge in [-0.05, 0) is 11.4 Å². The third kappa shape index (κ3) is 3.14. The van der Waals surface area contributed by atoms with Crippen molar-refractivity contribution in [2.24, 2.45) is 0 Å². The van der Waals surface area contributed by atoms with Gasteiger partial charge in [-0.25, -0.2) is 4.98 Å². The minimum atomic E-state index is 0.0467. The molecule has 15 heavy (non-hydrogen) atoms. The molecule has 0 saturated carbocycles. The molecule has 1 N–H and O–H groups in total. The average Bonchev–Trinajstić information content (AvgIpc) is 2.86. The first-order valence-corrected chi connectivity index (χ1v) is 6.33. The summed E-state index contributed by atoms with van der Waals surface area (Å²) in [4.78, 5) is 16.7. The van der Waals surface area contributed by atoms with Crippen molar-refractivity contribution >= 4 is 28.6 Å². The number of hydrogen-bond donors (Lipinski definition) is 1. The summed E-state index contributed by atoms with van der Waals surface area (Å²) in [5.74, 6) is 0.0467. The zero-order valence-electron chi connectivity index (χ0n) is 7.97. The van der Waals surface area contributed by atoms with Gasteiger partial charge >= 0.3 is 0 Å². The molecule has 0 saturated heterocycles. The largest absolute Gasteiger partial charge is 0.350 e. The SMILES string of the molecule is O=C(Cc1cccs1)NCc1cscn1. The Kier molecular flexibility index (Phi) is 3.47. The molecule has 2 heterocycles. The second-order valence-electron chi connectivity index (χ2n) is 3.01. The molecule has 0 aromatic carbocycles. The van der Waals surface area contributed by atoms with Crippen LogP contribution in [0.1, 0.15) is 10.6 Å². The monoisotopic (exact) mass is 238 g/mol. The van der Waals surface area contributed by atoms with Crippen LogP contribution >= 0.6 is 22.7 Å². The molecule has 0 atom stereocenters. The van der Waals surface area contributed by atoms with Gasteiger partial charge in [0, 0.05) is 10.3 Å². The van der Waals surface area contributed by atoms with E-state index in [-0.39, 0.29) is 5.91 Å². The molecular formula is C10H10N2OS2. The van der Waals surface area contributed by atoms with Crippen LogP contribution in [0.5, 0.6) is 0 Å². The number of amides is 1. The van der Waals surface area contributed by atoms with Crippen molar-refractivity contribution in [3.05, 3.63) is 39.0 Å². The molecule has 2 aromatic rings. The zero-order chi connectivity index (χ0) is 10.5. The number of thiazole rings is 1. The van der Waals surface area contributed by atoms with Gasteiger partial charge in [-0.1, -0.05) is 6.07 Å². The first-order valence-electron chi connectivity index (χ1n) is 4.51. The third-order valence-corrected chi connectivity index (χ3v) is 3.38. The lowest BCUT2D eigenvalue weighted by Gasteiger charge is -2.01. The van der Waals surface area contributed by atoms with Crippen LogP contribution in [0.3, 0.4) is 0 Å². The normalized spacial score (nSPS) is 10.1. The van der Waals surface area contributed by atoms with Gasteiger partial charge in [0.05, 0.1) is 24.2 Å². The van der Waals surface area contributed by atoms with Crippen LogP contribution < -0.4 is 5.32 Å². The summed E-state index contributed by atoms with van der Waals surface area (Å²) < 4.78 is 0. The Balaban J connectivity index is 1.78. The standard InChI is InChI=1S/C10H10N2OS2/c13-10(4-9-2-1-3-15-9)11-5-8-6-14-7-12-8/h1-3,6-7H,4-5H2,(H,11,13). The highest BCUT2D eigenvalue weighted by Crippen LogP contribution is 2.09. The number of thiophene rings is 1. The number of carbonyl (C=O) groups is 1. The lowest BCUT2D eigenvalue weighted by molar-refractivity contribution is -0.120. The molecule has 0 spiro atoms. The fourth-order valence-electron chi connectivity index (χ4n) is 1.15. The molecule has 5 heteroatoms. The summed E-state index contributed by atoms with van der Waals surface area (Å²) in [6.45, 7) is 0.522. The lowest BCUT2D eigenvalue weighted by Crippen LogP contribution is -2.24. The smallest absolute Gasteiger partial charge is 0.225 e. The van der Waals surface area contributed by atoms with Gasteiger partial charge in [0.1, 0.15) is 0 Å². The highest BCUT2D eigenvalue weighted by molar-refractivity contribution is 7.10. The topological polar surface area (TPSA) is 42.0 Å². The number of nitrogens with zero attached hydrogens (tertiary/aromatic N) is 1. The van der Waals surface area contributed by atoms with Crippen LogP contribution in [-0.4, -0.2) is 10.9 Å². The quantitative estimate of drug-likeness (QED) is 0.886.